The topological polar surface area (TPSA) is 159 Å². The Bertz CT molecular complexity index is 907. The summed E-state index contributed by atoms with van der Waals surface area (Å²) in [6.45, 7) is 2.08. The first-order valence-corrected chi connectivity index (χ1v) is 11.7. The molecule has 11 heteroatoms. The lowest BCUT2D eigenvalue weighted by Crippen LogP contribution is -2.33. The largest absolute Gasteiger partial charge is 0.463 e. The number of unbranched alkanes of at least 4 members (excludes halogenated alkanes) is 8. The monoisotopic (exact) mass is 465 g/mol. The maximum Gasteiger partial charge on any atom is 0.330 e. The Morgan fingerprint density at radius 1 is 1.21 bits per heavy atom. The molecule has 0 spiro atoms. The summed E-state index contributed by atoms with van der Waals surface area (Å²) in [5.74, 6) is -0.327. The number of carbonyl (C=O) groups excluding carboxylic acids is 1. The van der Waals surface area contributed by atoms with E-state index >= 15 is 0 Å². The van der Waals surface area contributed by atoms with Gasteiger partial charge in [0.25, 0.3) is 5.56 Å². The van der Waals surface area contributed by atoms with Crippen molar-refractivity contribution < 1.29 is 19.4 Å². The van der Waals surface area contributed by atoms with Crippen LogP contribution in [0.4, 0.5) is 0 Å². The summed E-state index contributed by atoms with van der Waals surface area (Å²) in [6.07, 6.45) is 9.04. The number of hydrogen-bond donors (Lipinski definition) is 2. The molecule has 0 bridgehead atoms. The van der Waals surface area contributed by atoms with Gasteiger partial charge < -0.3 is 14.6 Å². The molecule has 11 nitrogen and oxygen atoms in total. The summed E-state index contributed by atoms with van der Waals surface area (Å²) in [7, 11) is 0. The van der Waals surface area contributed by atoms with Gasteiger partial charge in [-0.3, -0.25) is 19.1 Å². The van der Waals surface area contributed by atoms with E-state index in [0.717, 1.165) is 44.9 Å². The fourth-order valence-corrected chi connectivity index (χ4v) is 3.82. The predicted molar refractivity (Wildman–Crippen MR) is 122 cm³/mol. The van der Waals surface area contributed by atoms with Gasteiger partial charge in [-0.1, -0.05) is 50.1 Å². The van der Waals surface area contributed by atoms with E-state index in [9.17, 15) is 19.5 Å². The van der Waals surface area contributed by atoms with Crippen molar-refractivity contribution in [2.24, 2.45) is 5.11 Å². The molecule has 33 heavy (non-hydrogen) atoms. The zero-order valence-corrected chi connectivity index (χ0v) is 19.3. The van der Waals surface area contributed by atoms with Gasteiger partial charge in [0, 0.05) is 36.1 Å². The number of H-pyrrole nitrogens is 1. The molecule has 184 valence electrons. The molecule has 2 heterocycles. The number of carbonyl (C=O) groups is 1. The number of azide groups is 1. The maximum absolute atomic E-state index is 12.0. The Morgan fingerprint density at radius 2 is 1.85 bits per heavy atom. The summed E-state index contributed by atoms with van der Waals surface area (Å²) in [5.41, 5.74) is 7.50. The molecule has 2 rings (SSSR count). The summed E-state index contributed by atoms with van der Waals surface area (Å²) >= 11 is 0. The van der Waals surface area contributed by atoms with Gasteiger partial charge in [0.2, 0.25) is 0 Å². The summed E-state index contributed by atoms with van der Waals surface area (Å²) in [4.78, 5) is 40.4. The minimum Gasteiger partial charge on any atom is -0.463 e. The van der Waals surface area contributed by atoms with Crippen molar-refractivity contribution in [3.63, 3.8) is 0 Å². The molecule has 1 fully saturated rings. The number of aliphatic hydroxyl groups excluding tert-OH is 1. The highest BCUT2D eigenvalue weighted by Crippen LogP contribution is 2.28. The number of aromatic amines is 1. The van der Waals surface area contributed by atoms with E-state index < -0.39 is 29.7 Å². The lowest BCUT2D eigenvalue weighted by Gasteiger charge is -2.16. The highest BCUT2D eigenvalue weighted by atomic mass is 16.6. The number of aryl methyl sites for hydroxylation is 1. The molecule has 0 unspecified atom stereocenters. The van der Waals surface area contributed by atoms with Crippen molar-refractivity contribution >= 4 is 5.97 Å². The number of esters is 1. The van der Waals surface area contributed by atoms with E-state index in [1.165, 1.54) is 23.6 Å². The first kappa shape index (κ1) is 26.6. The van der Waals surface area contributed by atoms with Crippen molar-refractivity contribution in [3.8, 4) is 0 Å². The molecule has 1 aromatic heterocycles. The van der Waals surface area contributed by atoms with Crippen LogP contribution in [0.5, 0.6) is 0 Å². The van der Waals surface area contributed by atoms with Crippen LogP contribution in [0, 0.1) is 6.92 Å². The van der Waals surface area contributed by atoms with Crippen LogP contribution in [0.3, 0.4) is 0 Å². The Labute approximate surface area is 192 Å². The van der Waals surface area contributed by atoms with E-state index in [0.29, 0.717) is 18.5 Å². The summed E-state index contributed by atoms with van der Waals surface area (Å²) in [6, 6.07) is 0. The number of nitrogens with one attached hydrogen (secondary N) is 1. The molecule has 0 aliphatic carbocycles. The van der Waals surface area contributed by atoms with Gasteiger partial charge in [0.15, 0.2) is 0 Å². The van der Waals surface area contributed by atoms with Crippen molar-refractivity contribution in [3.05, 3.63) is 43.0 Å². The van der Waals surface area contributed by atoms with E-state index in [1.807, 2.05) is 0 Å². The Balaban J connectivity index is 1.55. The quantitative estimate of drug-likeness (QED) is 0.133. The van der Waals surface area contributed by atoms with Crippen LogP contribution in [-0.4, -0.2) is 46.0 Å². The van der Waals surface area contributed by atoms with Gasteiger partial charge in [-0.15, -0.1) is 0 Å². The Kier molecular flexibility index (Phi) is 11.7. The number of aliphatic hydroxyl groups is 1. The van der Waals surface area contributed by atoms with Crippen LogP contribution >= 0.6 is 0 Å². The van der Waals surface area contributed by atoms with E-state index in [4.69, 9.17) is 15.0 Å². The number of hydrogen-bond acceptors (Lipinski definition) is 7. The second-order valence-electron chi connectivity index (χ2n) is 8.48. The molecule has 0 aromatic carbocycles. The second kappa shape index (κ2) is 14.5. The van der Waals surface area contributed by atoms with Crippen LogP contribution in [0.15, 0.2) is 20.9 Å². The first-order chi connectivity index (χ1) is 15.9. The second-order valence-corrected chi connectivity index (χ2v) is 8.48. The summed E-state index contributed by atoms with van der Waals surface area (Å²) < 4.78 is 12.2. The maximum atomic E-state index is 12.0. The third kappa shape index (κ3) is 9.41. The van der Waals surface area contributed by atoms with Gasteiger partial charge in [-0.25, -0.2) is 4.79 Å². The zero-order valence-electron chi connectivity index (χ0n) is 19.3. The highest BCUT2D eigenvalue weighted by Gasteiger charge is 2.36. The van der Waals surface area contributed by atoms with Crippen molar-refractivity contribution in [2.45, 2.75) is 96.0 Å². The standard InChI is InChI=1S/C22H35N5O6/c1-16-14-27(22(31)25-21(16)30)19-13-17(28)18(33-19)15-32-20(29)11-9-7-5-3-2-4-6-8-10-12-24-26-23/h14,17-19,28H,2-13,15H2,1H3,(H,25,30,31)/t17-,18+,19+/m0/s1. The Morgan fingerprint density at radius 3 is 2.52 bits per heavy atom. The minimum absolute atomic E-state index is 0.0761. The molecule has 3 atom stereocenters. The normalized spacial score (nSPS) is 19.9. The zero-order chi connectivity index (χ0) is 24.1. The first-order valence-electron chi connectivity index (χ1n) is 11.7. The molecule has 2 N–H and O–H groups in total. The van der Waals surface area contributed by atoms with Gasteiger partial charge in [-0.05, 0) is 25.3 Å². The molecular formula is C22H35N5O6. The van der Waals surface area contributed by atoms with E-state index in [-0.39, 0.29) is 19.0 Å². The molecule has 1 aliphatic heterocycles. The molecule has 0 radical (unpaired) electrons. The van der Waals surface area contributed by atoms with Gasteiger partial charge in [0.05, 0.1) is 6.10 Å². The lowest BCUT2D eigenvalue weighted by molar-refractivity contribution is -0.150. The SMILES string of the molecule is Cc1cn([C@H]2C[C@H](O)[C@@H](COC(=O)CCCCCCCCCCCN=[N+]=[N-])O2)c(=O)[nH]c1=O. The fraction of sp³-hybridized carbons (Fsp3) is 0.773. The van der Waals surface area contributed by atoms with Crippen LogP contribution in [-0.2, 0) is 14.3 Å². The predicted octanol–water partition coefficient (Wildman–Crippen LogP) is 3.25. The van der Waals surface area contributed by atoms with Crippen LogP contribution < -0.4 is 11.2 Å². The molecule has 0 amide bonds. The Hall–Kier alpha value is -2.62. The third-order valence-electron chi connectivity index (χ3n) is 5.77. The molecule has 1 aromatic rings. The number of nitrogens with zero attached hydrogens (tertiary/aromatic N) is 4. The minimum atomic E-state index is -0.874. The van der Waals surface area contributed by atoms with Gasteiger partial charge in [0.1, 0.15) is 18.9 Å². The third-order valence-corrected chi connectivity index (χ3v) is 5.77. The summed E-state index contributed by atoms with van der Waals surface area (Å²) in [5, 5.41) is 13.7. The highest BCUT2D eigenvalue weighted by molar-refractivity contribution is 5.69. The van der Waals surface area contributed by atoms with Crippen LogP contribution in [0.2, 0.25) is 0 Å². The smallest absolute Gasteiger partial charge is 0.330 e. The van der Waals surface area contributed by atoms with Gasteiger partial charge >= 0.3 is 11.7 Å². The van der Waals surface area contributed by atoms with E-state index in [2.05, 4.69) is 15.0 Å². The number of aromatic nitrogens is 2. The average Bonchev–Trinajstić information content (AvgIpc) is 3.15. The van der Waals surface area contributed by atoms with Crippen molar-refractivity contribution in [1.82, 2.24) is 9.55 Å². The fourth-order valence-electron chi connectivity index (χ4n) is 3.82. The van der Waals surface area contributed by atoms with Crippen LogP contribution in [0.25, 0.3) is 10.4 Å². The lowest BCUT2D eigenvalue weighted by atomic mass is 10.1. The molecule has 1 aliphatic rings. The van der Waals surface area contributed by atoms with Gasteiger partial charge in [-0.2, -0.15) is 0 Å². The molecular weight excluding hydrogens is 430 g/mol. The van der Waals surface area contributed by atoms with Crippen LogP contribution in [0.1, 0.15) is 82.4 Å². The average molecular weight is 466 g/mol. The molecule has 1 saturated heterocycles. The molecule has 0 saturated carbocycles. The van der Waals surface area contributed by atoms with Crippen molar-refractivity contribution in [2.75, 3.05) is 13.2 Å². The number of rotatable bonds is 15. The number of ether oxygens (including phenoxy) is 2. The van der Waals surface area contributed by atoms with E-state index in [1.54, 1.807) is 6.92 Å². The van der Waals surface area contributed by atoms with Crippen molar-refractivity contribution in [1.29, 1.82) is 0 Å².